The van der Waals surface area contributed by atoms with E-state index in [1.54, 1.807) is 0 Å². The topological polar surface area (TPSA) is 47.1 Å². The van der Waals surface area contributed by atoms with Gasteiger partial charge < -0.3 is 19.6 Å². The molecule has 2 amide bonds. The average molecular weight is 403 g/mol. The van der Waals surface area contributed by atoms with Crippen LogP contribution in [0.4, 0.5) is 0 Å². The van der Waals surface area contributed by atoms with Crippen LogP contribution in [0.3, 0.4) is 0 Å². The molecule has 0 aliphatic carbocycles. The van der Waals surface area contributed by atoms with Gasteiger partial charge in [-0.25, -0.2) is 0 Å². The molecule has 6 nitrogen and oxygen atoms in total. The minimum absolute atomic E-state index is 0. The number of piperazine rings is 2. The molecule has 6 heteroatoms. The molecule has 2 aliphatic heterocycles. The zero-order valence-electron chi connectivity index (χ0n) is 17.1. The first kappa shape index (κ1) is 31.6. The van der Waals surface area contributed by atoms with Crippen molar-refractivity contribution in [2.24, 2.45) is 11.8 Å². The number of nitrogens with zero attached hydrogens (tertiary/aromatic N) is 4. The minimum Gasteiger partial charge on any atom is -0.340 e. The van der Waals surface area contributed by atoms with Crippen molar-refractivity contribution in [2.75, 3.05) is 66.0 Å². The molecule has 2 aliphatic rings. The molecule has 0 aromatic carbocycles. The third-order valence-corrected chi connectivity index (χ3v) is 4.93. The van der Waals surface area contributed by atoms with Crippen LogP contribution in [0.1, 0.15) is 56.9 Å². The van der Waals surface area contributed by atoms with E-state index in [-0.39, 0.29) is 34.1 Å². The number of likely N-dealkylation sites (N-methyl/N-ethyl adjacent to an activating group) is 2. The van der Waals surface area contributed by atoms with Crippen LogP contribution in [0.25, 0.3) is 0 Å². The molecule has 0 N–H and O–H groups in total. The Bertz CT molecular complexity index is 411. The molecule has 2 saturated heterocycles. The van der Waals surface area contributed by atoms with Crippen molar-refractivity contribution < 1.29 is 9.59 Å². The third-order valence-electron chi connectivity index (χ3n) is 4.93. The van der Waals surface area contributed by atoms with Crippen molar-refractivity contribution in [1.82, 2.24) is 19.6 Å². The smallest absolute Gasteiger partial charge is 0.225 e. The van der Waals surface area contributed by atoms with Crippen LogP contribution in [0.5, 0.6) is 0 Å². The van der Waals surface area contributed by atoms with Gasteiger partial charge in [0.05, 0.1) is 0 Å². The highest BCUT2D eigenvalue weighted by Gasteiger charge is 2.22. The van der Waals surface area contributed by atoms with Gasteiger partial charge in [-0.2, -0.15) is 0 Å². The summed E-state index contributed by atoms with van der Waals surface area (Å²) in [6.07, 6.45) is 0. The number of carbonyl (C=O) groups is 2. The van der Waals surface area contributed by atoms with Crippen molar-refractivity contribution >= 4 is 11.8 Å². The highest BCUT2D eigenvalue weighted by atomic mass is 16.2. The van der Waals surface area contributed by atoms with E-state index in [1.807, 2.05) is 37.5 Å². The summed E-state index contributed by atoms with van der Waals surface area (Å²) in [5.74, 6) is 0.889. The number of carbonyl (C=O) groups excluding carboxylic acids is 2. The molecule has 2 fully saturated rings. The summed E-state index contributed by atoms with van der Waals surface area (Å²) >= 11 is 0. The van der Waals surface area contributed by atoms with E-state index in [2.05, 4.69) is 23.8 Å². The number of amides is 2. The lowest BCUT2D eigenvalue weighted by Crippen LogP contribution is -2.49. The Morgan fingerprint density at radius 3 is 1.29 bits per heavy atom. The molecule has 28 heavy (non-hydrogen) atoms. The van der Waals surface area contributed by atoms with Gasteiger partial charge in [0.1, 0.15) is 0 Å². The highest BCUT2D eigenvalue weighted by molar-refractivity contribution is 5.78. The fourth-order valence-electron chi connectivity index (χ4n) is 3.04. The van der Waals surface area contributed by atoms with Gasteiger partial charge >= 0.3 is 0 Å². The van der Waals surface area contributed by atoms with Crippen molar-refractivity contribution in [3.63, 3.8) is 0 Å². The molecular formula is C22H50N4O2. The van der Waals surface area contributed by atoms with Crippen molar-refractivity contribution in [3.8, 4) is 0 Å². The lowest BCUT2D eigenvalue weighted by molar-refractivity contribution is -0.136. The Labute approximate surface area is 176 Å². The van der Waals surface area contributed by atoms with E-state index < -0.39 is 0 Å². The SMILES string of the molecule is C.C.C.CC(C)C(=O)N1CCN(C)CC1.CCN1CCN(C(=O)C(C)C)CC1. The summed E-state index contributed by atoms with van der Waals surface area (Å²) in [4.78, 5) is 31.7. The third kappa shape index (κ3) is 10.4. The lowest BCUT2D eigenvalue weighted by atomic mass is 10.1. The highest BCUT2D eigenvalue weighted by Crippen LogP contribution is 2.06. The fourth-order valence-corrected chi connectivity index (χ4v) is 3.04. The summed E-state index contributed by atoms with van der Waals surface area (Å²) in [5.41, 5.74) is 0. The van der Waals surface area contributed by atoms with E-state index in [1.165, 1.54) is 0 Å². The Balaban J connectivity index is -0.000000404. The molecule has 170 valence electrons. The van der Waals surface area contributed by atoms with Crippen LogP contribution in [-0.2, 0) is 9.59 Å². The van der Waals surface area contributed by atoms with Crippen LogP contribution in [0.2, 0.25) is 0 Å². The Hall–Kier alpha value is -1.14. The monoisotopic (exact) mass is 402 g/mol. The van der Waals surface area contributed by atoms with Crippen LogP contribution >= 0.6 is 0 Å². The largest absolute Gasteiger partial charge is 0.340 e. The molecule has 0 radical (unpaired) electrons. The maximum atomic E-state index is 11.6. The van der Waals surface area contributed by atoms with Crippen LogP contribution in [0.15, 0.2) is 0 Å². The second-order valence-electron chi connectivity index (χ2n) is 7.70. The molecular weight excluding hydrogens is 352 g/mol. The first-order valence-electron chi connectivity index (χ1n) is 9.74. The maximum Gasteiger partial charge on any atom is 0.225 e. The van der Waals surface area contributed by atoms with E-state index in [9.17, 15) is 9.59 Å². The molecule has 2 heterocycles. The molecule has 2 rings (SSSR count). The van der Waals surface area contributed by atoms with Gasteiger partial charge in [0, 0.05) is 64.2 Å². The minimum atomic E-state index is 0. The van der Waals surface area contributed by atoms with E-state index in [0.29, 0.717) is 11.8 Å². The number of hydrogen-bond acceptors (Lipinski definition) is 4. The Morgan fingerprint density at radius 1 is 0.679 bits per heavy atom. The van der Waals surface area contributed by atoms with E-state index in [0.717, 1.165) is 58.9 Å². The van der Waals surface area contributed by atoms with Gasteiger partial charge in [0.2, 0.25) is 11.8 Å². The summed E-state index contributed by atoms with van der Waals surface area (Å²) in [7, 11) is 2.09. The molecule has 0 saturated carbocycles. The van der Waals surface area contributed by atoms with Gasteiger partial charge in [0.25, 0.3) is 0 Å². The Morgan fingerprint density at radius 2 is 1.00 bits per heavy atom. The molecule has 0 bridgehead atoms. The molecule has 0 aromatic rings. The van der Waals surface area contributed by atoms with Crippen LogP contribution in [0, 0.1) is 11.8 Å². The predicted molar refractivity (Wildman–Crippen MR) is 123 cm³/mol. The van der Waals surface area contributed by atoms with Crippen molar-refractivity contribution in [1.29, 1.82) is 0 Å². The maximum absolute atomic E-state index is 11.6. The van der Waals surface area contributed by atoms with Crippen LogP contribution in [-0.4, -0.2) is 97.4 Å². The predicted octanol–water partition coefficient (Wildman–Crippen LogP) is 3.13. The van der Waals surface area contributed by atoms with Crippen molar-refractivity contribution in [2.45, 2.75) is 56.9 Å². The number of hydrogen-bond donors (Lipinski definition) is 0. The summed E-state index contributed by atoms with van der Waals surface area (Å²) in [6, 6.07) is 0. The summed E-state index contributed by atoms with van der Waals surface area (Å²) in [6.45, 7) is 18.8. The van der Waals surface area contributed by atoms with Crippen LogP contribution < -0.4 is 0 Å². The number of rotatable bonds is 3. The van der Waals surface area contributed by atoms with Gasteiger partial charge in [-0.05, 0) is 13.6 Å². The Kier molecular flexibility index (Phi) is 17.7. The van der Waals surface area contributed by atoms with Gasteiger partial charge in [-0.1, -0.05) is 56.9 Å². The second-order valence-corrected chi connectivity index (χ2v) is 7.70. The molecule has 0 unspecified atom stereocenters. The second kappa shape index (κ2) is 15.7. The summed E-state index contributed by atoms with van der Waals surface area (Å²) in [5, 5.41) is 0. The first-order valence-corrected chi connectivity index (χ1v) is 9.74. The van der Waals surface area contributed by atoms with Gasteiger partial charge in [-0.3, -0.25) is 9.59 Å². The van der Waals surface area contributed by atoms with E-state index >= 15 is 0 Å². The summed E-state index contributed by atoms with van der Waals surface area (Å²) < 4.78 is 0. The zero-order chi connectivity index (χ0) is 19.0. The molecule has 0 spiro atoms. The van der Waals surface area contributed by atoms with Gasteiger partial charge in [0.15, 0.2) is 0 Å². The average Bonchev–Trinajstić information content (AvgIpc) is 2.61. The normalized spacial score (nSPS) is 17.7. The van der Waals surface area contributed by atoms with Gasteiger partial charge in [-0.15, -0.1) is 0 Å². The van der Waals surface area contributed by atoms with Crippen molar-refractivity contribution in [3.05, 3.63) is 0 Å². The fraction of sp³-hybridized carbons (Fsp3) is 0.909. The quantitative estimate of drug-likeness (QED) is 0.728. The lowest BCUT2D eigenvalue weighted by Gasteiger charge is -2.34. The molecule has 0 aromatic heterocycles. The standard InChI is InChI=1S/C10H20N2O.C9H18N2O.3CH4/c1-4-11-5-7-12(8-6-11)10(13)9(2)3;1-8(2)9(12)11-6-4-10(3)5-7-11;;;/h9H,4-8H2,1-3H3;8H,4-7H2,1-3H3;3*1H4. The zero-order valence-corrected chi connectivity index (χ0v) is 17.1. The van der Waals surface area contributed by atoms with E-state index in [4.69, 9.17) is 0 Å². The molecule has 0 atom stereocenters. The first-order chi connectivity index (χ1) is 11.8.